The highest BCUT2D eigenvalue weighted by Crippen LogP contribution is 2.27. The van der Waals surface area contributed by atoms with Crippen molar-refractivity contribution < 1.29 is 0 Å². The molecule has 0 atom stereocenters. The average Bonchev–Trinajstić information content (AvgIpc) is 2.17. The monoisotopic (exact) mass is 186 g/mol. The molecule has 0 aromatic carbocycles. The number of hydrogen-bond acceptors (Lipinski definition) is 2. The second-order valence-corrected chi connectivity index (χ2v) is 3.79. The van der Waals surface area contributed by atoms with Crippen LogP contribution in [0.5, 0.6) is 0 Å². The fraction of sp³-hybridized carbons (Fsp3) is 0.250. The summed E-state index contributed by atoms with van der Waals surface area (Å²) in [4.78, 5) is 4.54. The molecule has 0 unspecified atom stereocenters. The van der Waals surface area contributed by atoms with E-state index in [9.17, 15) is 0 Å². The zero-order chi connectivity index (χ0) is 10.1. The van der Waals surface area contributed by atoms with E-state index in [1.165, 1.54) is 0 Å². The molecule has 0 saturated carbocycles. The van der Waals surface area contributed by atoms with E-state index in [4.69, 9.17) is 0 Å². The predicted octanol–water partition coefficient (Wildman–Crippen LogP) is 3.16. The average molecular weight is 186 g/mol. The van der Waals surface area contributed by atoms with Crippen molar-refractivity contribution in [2.45, 2.75) is 19.8 Å². The molecule has 1 aromatic rings. The quantitative estimate of drug-likeness (QED) is 0.728. The number of hydrogen-bond donors (Lipinski definition) is 1. The maximum atomic E-state index is 4.54. The number of allylic oxidation sites excluding steroid dienone is 2. The fourth-order valence-electron chi connectivity index (χ4n) is 1.48. The fourth-order valence-corrected chi connectivity index (χ4v) is 1.48. The van der Waals surface area contributed by atoms with Crippen LogP contribution < -0.4 is 5.32 Å². The van der Waals surface area contributed by atoms with E-state index in [1.807, 2.05) is 12.3 Å². The van der Waals surface area contributed by atoms with Crippen molar-refractivity contribution in [3.8, 4) is 0 Å². The maximum Gasteiger partial charge on any atom is 0.138 e. The van der Waals surface area contributed by atoms with E-state index >= 15 is 0 Å². The highest BCUT2D eigenvalue weighted by Gasteiger charge is 2.10. The number of nitrogens with zero attached hydrogens (tertiary/aromatic N) is 1. The van der Waals surface area contributed by atoms with Gasteiger partial charge in [0.2, 0.25) is 0 Å². The molecule has 2 heteroatoms. The van der Waals surface area contributed by atoms with Gasteiger partial charge in [0.15, 0.2) is 0 Å². The van der Waals surface area contributed by atoms with Gasteiger partial charge in [-0.25, -0.2) is 4.98 Å². The lowest BCUT2D eigenvalue weighted by atomic mass is 10.0. The smallest absolute Gasteiger partial charge is 0.138 e. The van der Waals surface area contributed by atoms with Gasteiger partial charge in [-0.3, -0.25) is 0 Å². The molecule has 0 radical (unpaired) electrons. The normalized spacial score (nSPS) is 14.1. The summed E-state index contributed by atoms with van der Waals surface area (Å²) in [6.45, 7) is 8.25. The van der Waals surface area contributed by atoms with Gasteiger partial charge in [-0.2, -0.15) is 0 Å². The van der Waals surface area contributed by atoms with Gasteiger partial charge in [0.05, 0.1) is 0 Å². The van der Waals surface area contributed by atoms with Gasteiger partial charge in [-0.15, -0.1) is 0 Å². The minimum absolute atomic E-state index is 0.460. The molecule has 1 N–H and O–H groups in total. The molecule has 2 rings (SSSR count). The van der Waals surface area contributed by atoms with Crippen LogP contribution >= 0.6 is 0 Å². The number of anilines is 1. The van der Waals surface area contributed by atoms with E-state index in [0.29, 0.717) is 5.92 Å². The van der Waals surface area contributed by atoms with E-state index in [2.05, 4.69) is 42.9 Å². The SMILES string of the molecule is C=C1C=CNc2nc(C(C)C)ccc21. The number of aromatic nitrogens is 1. The molecule has 0 fully saturated rings. The lowest BCUT2D eigenvalue weighted by Crippen LogP contribution is -2.04. The Balaban J connectivity index is 2.47. The second kappa shape index (κ2) is 3.29. The van der Waals surface area contributed by atoms with Crippen LogP contribution in [0.4, 0.5) is 5.82 Å². The first-order chi connectivity index (χ1) is 6.68. The molecular formula is C12H14N2. The molecule has 14 heavy (non-hydrogen) atoms. The van der Waals surface area contributed by atoms with E-state index < -0.39 is 0 Å². The molecule has 0 amide bonds. The Labute approximate surface area is 84.4 Å². The number of fused-ring (bicyclic) bond motifs is 1. The molecule has 2 nitrogen and oxygen atoms in total. The summed E-state index contributed by atoms with van der Waals surface area (Å²) in [5.74, 6) is 1.38. The lowest BCUT2D eigenvalue weighted by molar-refractivity contribution is 0.824. The summed E-state index contributed by atoms with van der Waals surface area (Å²) >= 11 is 0. The summed E-state index contributed by atoms with van der Waals surface area (Å²) < 4.78 is 0. The Kier molecular flexibility index (Phi) is 2.12. The Morgan fingerprint density at radius 1 is 1.36 bits per heavy atom. The molecule has 0 saturated heterocycles. The van der Waals surface area contributed by atoms with Crippen molar-refractivity contribution in [1.82, 2.24) is 4.98 Å². The van der Waals surface area contributed by atoms with Crippen molar-refractivity contribution >= 4 is 11.4 Å². The second-order valence-electron chi connectivity index (χ2n) is 3.79. The third-order valence-corrected chi connectivity index (χ3v) is 2.36. The van der Waals surface area contributed by atoms with Crippen LogP contribution in [-0.4, -0.2) is 4.98 Å². The topological polar surface area (TPSA) is 24.9 Å². The van der Waals surface area contributed by atoms with Crippen LogP contribution in [0.1, 0.15) is 31.0 Å². The van der Waals surface area contributed by atoms with Crippen LogP contribution in [0.2, 0.25) is 0 Å². The molecule has 72 valence electrons. The standard InChI is InChI=1S/C12H14N2/c1-8(2)11-5-4-10-9(3)6-7-13-12(10)14-11/h4-8H,3H2,1-2H3,(H,13,14). The summed E-state index contributed by atoms with van der Waals surface area (Å²) in [5.41, 5.74) is 3.22. The van der Waals surface area contributed by atoms with Gasteiger partial charge in [0.1, 0.15) is 5.82 Å². The number of rotatable bonds is 1. The Bertz CT molecular complexity index is 403. The highest BCUT2D eigenvalue weighted by atomic mass is 15.0. The van der Waals surface area contributed by atoms with Crippen molar-refractivity contribution in [3.63, 3.8) is 0 Å². The summed E-state index contributed by atoms with van der Waals surface area (Å²) in [6.07, 6.45) is 3.83. The zero-order valence-electron chi connectivity index (χ0n) is 8.54. The third kappa shape index (κ3) is 1.43. The van der Waals surface area contributed by atoms with Crippen molar-refractivity contribution in [2.24, 2.45) is 0 Å². The first kappa shape index (κ1) is 9.00. The van der Waals surface area contributed by atoms with Crippen molar-refractivity contribution in [1.29, 1.82) is 0 Å². The number of nitrogens with one attached hydrogen (secondary N) is 1. The lowest BCUT2D eigenvalue weighted by Gasteiger charge is -2.15. The maximum absolute atomic E-state index is 4.54. The van der Waals surface area contributed by atoms with Crippen LogP contribution in [-0.2, 0) is 0 Å². The minimum atomic E-state index is 0.460. The van der Waals surface area contributed by atoms with Gasteiger partial charge in [-0.05, 0) is 29.7 Å². The molecule has 1 aliphatic rings. The van der Waals surface area contributed by atoms with Crippen molar-refractivity contribution in [2.75, 3.05) is 5.32 Å². The molecular weight excluding hydrogens is 172 g/mol. The van der Waals surface area contributed by atoms with E-state index in [1.54, 1.807) is 0 Å². The highest BCUT2D eigenvalue weighted by molar-refractivity contribution is 5.82. The van der Waals surface area contributed by atoms with Crippen LogP contribution in [0.15, 0.2) is 31.0 Å². The summed E-state index contributed by atoms with van der Waals surface area (Å²) in [5, 5.41) is 3.14. The van der Waals surface area contributed by atoms with E-state index in [0.717, 1.165) is 22.6 Å². The predicted molar refractivity (Wildman–Crippen MR) is 60.1 cm³/mol. The van der Waals surface area contributed by atoms with Gasteiger partial charge >= 0.3 is 0 Å². The zero-order valence-corrected chi connectivity index (χ0v) is 8.54. The molecule has 0 bridgehead atoms. The Morgan fingerprint density at radius 2 is 2.14 bits per heavy atom. The molecule has 0 spiro atoms. The third-order valence-electron chi connectivity index (χ3n) is 2.36. The molecule has 1 aliphatic heterocycles. The molecule has 0 aliphatic carbocycles. The minimum Gasteiger partial charge on any atom is -0.346 e. The van der Waals surface area contributed by atoms with Crippen LogP contribution in [0.25, 0.3) is 5.57 Å². The molecule has 1 aromatic heterocycles. The van der Waals surface area contributed by atoms with Crippen molar-refractivity contribution in [3.05, 3.63) is 42.2 Å². The van der Waals surface area contributed by atoms with Crippen LogP contribution in [0, 0.1) is 0 Å². The van der Waals surface area contributed by atoms with Gasteiger partial charge in [0, 0.05) is 17.5 Å². The Hall–Kier alpha value is -1.57. The van der Waals surface area contributed by atoms with Gasteiger partial charge < -0.3 is 5.32 Å². The van der Waals surface area contributed by atoms with Crippen LogP contribution in [0.3, 0.4) is 0 Å². The summed E-state index contributed by atoms with van der Waals surface area (Å²) in [7, 11) is 0. The number of pyridine rings is 1. The first-order valence-corrected chi connectivity index (χ1v) is 4.82. The summed E-state index contributed by atoms with van der Waals surface area (Å²) in [6, 6.07) is 4.14. The van der Waals surface area contributed by atoms with Gasteiger partial charge in [0.25, 0.3) is 0 Å². The Morgan fingerprint density at radius 3 is 2.86 bits per heavy atom. The largest absolute Gasteiger partial charge is 0.346 e. The molecule has 2 heterocycles. The van der Waals surface area contributed by atoms with E-state index in [-0.39, 0.29) is 0 Å². The van der Waals surface area contributed by atoms with Gasteiger partial charge in [-0.1, -0.05) is 20.4 Å². The first-order valence-electron chi connectivity index (χ1n) is 4.82.